The maximum atomic E-state index is 14.3. The van der Waals surface area contributed by atoms with E-state index in [1.165, 1.54) is 18.7 Å². The number of anilines is 1. The third kappa shape index (κ3) is 7.15. The van der Waals surface area contributed by atoms with Gasteiger partial charge in [0.25, 0.3) is 5.91 Å². The zero-order chi connectivity index (χ0) is 29.5. The van der Waals surface area contributed by atoms with Crippen molar-refractivity contribution in [3.63, 3.8) is 0 Å². The Kier molecular flexibility index (Phi) is 10.2. The summed E-state index contributed by atoms with van der Waals surface area (Å²) in [5.41, 5.74) is 2.83. The lowest BCUT2D eigenvalue weighted by atomic mass is 10.0. The summed E-state index contributed by atoms with van der Waals surface area (Å²) >= 11 is 1.54. The highest BCUT2D eigenvalue weighted by Gasteiger charge is 2.42. The van der Waals surface area contributed by atoms with Crippen LogP contribution in [0.2, 0.25) is 0 Å². The number of hydrogen-bond acceptors (Lipinski definition) is 8. The van der Waals surface area contributed by atoms with Gasteiger partial charge in [-0.15, -0.1) is 11.8 Å². The van der Waals surface area contributed by atoms with Crippen molar-refractivity contribution < 1.29 is 28.5 Å². The predicted molar refractivity (Wildman–Crippen MR) is 161 cm³/mol. The summed E-state index contributed by atoms with van der Waals surface area (Å²) in [5, 5.41) is -0.418. The minimum Gasteiger partial charge on any atom is -0.497 e. The van der Waals surface area contributed by atoms with Crippen LogP contribution in [0.1, 0.15) is 30.2 Å². The first-order valence-corrected chi connectivity index (χ1v) is 14.4. The number of likely N-dealkylation sites (N-methyl/N-ethyl adjacent to an activating group) is 1. The smallest absolute Gasteiger partial charge is 0.303 e. The Morgan fingerprint density at radius 3 is 2.34 bits per heavy atom. The molecule has 1 amide bonds. The van der Waals surface area contributed by atoms with E-state index >= 15 is 0 Å². The van der Waals surface area contributed by atoms with E-state index in [9.17, 15) is 9.59 Å². The first-order valence-electron chi connectivity index (χ1n) is 13.5. The first kappa shape index (κ1) is 30.3. The lowest BCUT2D eigenvalue weighted by Gasteiger charge is -2.34. The molecule has 0 spiro atoms. The van der Waals surface area contributed by atoms with Gasteiger partial charge in [-0.1, -0.05) is 30.3 Å². The van der Waals surface area contributed by atoms with Crippen molar-refractivity contribution in [2.45, 2.75) is 42.6 Å². The molecule has 9 heteroatoms. The summed E-state index contributed by atoms with van der Waals surface area (Å²) in [6.07, 6.45) is -0.183. The van der Waals surface area contributed by atoms with Gasteiger partial charge in [0.15, 0.2) is 17.6 Å². The average Bonchev–Trinajstić information content (AvgIpc) is 3.09. The normalized spacial score (nSPS) is 17.4. The van der Waals surface area contributed by atoms with Crippen molar-refractivity contribution >= 4 is 29.3 Å². The second-order valence-electron chi connectivity index (χ2n) is 10.1. The molecule has 0 saturated carbocycles. The summed E-state index contributed by atoms with van der Waals surface area (Å²) in [7, 11) is 6.91. The number of nitrogens with zero attached hydrogens (tertiary/aromatic N) is 2. The van der Waals surface area contributed by atoms with Crippen molar-refractivity contribution in [2.75, 3.05) is 46.4 Å². The van der Waals surface area contributed by atoms with E-state index < -0.39 is 17.3 Å². The van der Waals surface area contributed by atoms with Crippen LogP contribution in [-0.2, 0) is 20.7 Å². The molecule has 41 heavy (non-hydrogen) atoms. The van der Waals surface area contributed by atoms with E-state index in [2.05, 4.69) is 4.90 Å². The lowest BCUT2D eigenvalue weighted by Crippen LogP contribution is -2.50. The Bertz CT molecular complexity index is 1350. The van der Waals surface area contributed by atoms with E-state index in [-0.39, 0.29) is 11.9 Å². The number of para-hydroxylation sites is 1. The van der Waals surface area contributed by atoms with Crippen LogP contribution in [0.5, 0.6) is 17.2 Å². The minimum atomic E-state index is -0.988. The molecule has 0 radical (unpaired) electrons. The summed E-state index contributed by atoms with van der Waals surface area (Å²) < 4.78 is 21.9. The van der Waals surface area contributed by atoms with Crippen LogP contribution in [-0.4, -0.2) is 70.4 Å². The number of esters is 1. The van der Waals surface area contributed by atoms with Crippen LogP contribution in [0.25, 0.3) is 0 Å². The Balaban J connectivity index is 1.57. The van der Waals surface area contributed by atoms with Crippen LogP contribution in [0, 0.1) is 0 Å². The van der Waals surface area contributed by atoms with Crippen LogP contribution < -0.4 is 19.1 Å². The number of thioether (sulfide) groups is 1. The number of carbonyl (C=O) groups is 2. The molecular formula is C32H38N2O6S. The van der Waals surface area contributed by atoms with Gasteiger partial charge in [-0.2, -0.15) is 0 Å². The highest BCUT2D eigenvalue weighted by atomic mass is 32.2. The molecule has 4 rings (SSSR count). The molecule has 1 aliphatic heterocycles. The quantitative estimate of drug-likeness (QED) is 0.281. The summed E-state index contributed by atoms with van der Waals surface area (Å²) in [6, 6.07) is 21.2. The van der Waals surface area contributed by atoms with E-state index in [1.807, 2.05) is 80.7 Å². The number of methoxy groups -OCH3 is 3. The minimum absolute atomic E-state index is 0.188. The molecule has 3 aromatic carbocycles. The second-order valence-corrected chi connectivity index (χ2v) is 11.3. The third-order valence-corrected chi connectivity index (χ3v) is 8.49. The first-order chi connectivity index (χ1) is 19.7. The Morgan fingerprint density at radius 2 is 1.68 bits per heavy atom. The number of carbonyl (C=O) groups excluding carboxylic acids is 2. The summed E-state index contributed by atoms with van der Waals surface area (Å²) in [5.74, 6) is 1.39. The molecule has 0 aliphatic carbocycles. The number of benzene rings is 3. The zero-order valence-electron chi connectivity index (χ0n) is 24.5. The zero-order valence-corrected chi connectivity index (χ0v) is 25.3. The molecule has 0 saturated heterocycles. The molecular weight excluding hydrogens is 540 g/mol. The maximum Gasteiger partial charge on any atom is 0.303 e. The average molecular weight is 579 g/mol. The lowest BCUT2D eigenvalue weighted by molar-refractivity contribution is -0.153. The monoisotopic (exact) mass is 578 g/mol. The number of hydrogen-bond donors (Lipinski definition) is 0. The van der Waals surface area contributed by atoms with Gasteiger partial charge in [-0.25, -0.2) is 0 Å². The number of fused-ring (bicyclic) bond motifs is 1. The molecule has 8 nitrogen and oxygen atoms in total. The van der Waals surface area contributed by atoms with Crippen LogP contribution in [0.4, 0.5) is 5.69 Å². The van der Waals surface area contributed by atoms with Crippen molar-refractivity contribution in [3.05, 3.63) is 77.9 Å². The van der Waals surface area contributed by atoms with Gasteiger partial charge in [0.2, 0.25) is 0 Å². The van der Waals surface area contributed by atoms with Crippen LogP contribution in [0.3, 0.4) is 0 Å². The van der Waals surface area contributed by atoms with Crippen LogP contribution in [0.15, 0.2) is 71.6 Å². The van der Waals surface area contributed by atoms with Gasteiger partial charge in [-0.05, 0) is 67.9 Å². The van der Waals surface area contributed by atoms with Crippen molar-refractivity contribution in [3.8, 4) is 17.2 Å². The molecule has 0 fully saturated rings. The third-order valence-electron chi connectivity index (χ3n) is 7.12. The fourth-order valence-corrected chi connectivity index (χ4v) is 6.41. The van der Waals surface area contributed by atoms with Crippen molar-refractivity contribution in [2.24, 2.45) is 0 Å². The molecule has 1 unspecified atom stereocenters. The van der Waals surface area contributed by atoms with E-state index in [1.54, 1.807) is 26.2 Å². The highest BCUT2D eigenvalue weighted by molar-refractivity contribution is 7.99. The van der Waals surface area contributed by atoms with Gasteiger partial charge < -0.3 is 28.7 Å². The van der Waals surface area contributed by atoms with E-state index in [0.29, 0.717) is 18.0 Å². The number of amides is 1. The van der Waals surface area contributed by atoms with Crippen molar-refractivity contribution in [1.29, 1.82) is 0 Å². The fourth-order valence-electron chi connectivity index (χ4n) is 5.10. The van der Waals surface area contributed by atoms with Gasteiger partial charge in [-0.3, -0.25) is 9.59 Å². The van der Waals surface area contributed by atoms with Gasteiger partial charge in [0.1, 0.15) is 5.75 Å². The van der Waals surface area contributed by atoms with E-state index in [4.69, 9.17) is 18.9 Å². The SMILES string of the molecule is COc1ccc([C@@H]2Sc3ccccc3N(C(C)CN(C)CCc3ccc(OC)c(OC)c3)C(=O)[C@@H]2OC(C)=O)cc1. The Morgan fingerprint density at radius 1 is 0.976 bits per heavy atom. The second kappa shape index (κ2) is 13.8. The molecule has 0 bridgehead atoms. The molecule has 218 valence electrons. The molecule has 0 N–H and O–H groups in total. The predicted octanol–water partition coefficient (Wildman–Crippen LogP) is 5.39. The number of ether oxygens (including phenoxy) is 4. The summed E-state index contributed by atoms with van der Waals surface area (Å²) in [6.45, 7) is 4.78. The Hall–Kier alpha value is -3.69. The van der Waals surface area contributed by atoms with Gasteiger partial charge in [0, 0.05) is 31.0 Å². The topological polar surface area (TPSA) is 77.5 Å². The van der Waals surface area contributed by atoms with Crippen molar-refractivity contribution in [1.82, 2.24) is 4.90 Å². The summed E-state index contributed by atoms with van der Waals surface area (Å²) in [4.78, 5) is 31.4. The van der Waals surface area contributed by atoms with Gasteiger partial charge in [0.05, 0.1) is 32.3 Å². The largest absolute Gasteiger partial charge is 0.497 e. The maximum absolute atomic E-state index is 14.3. The molecule has 3 atom stereocenters. The van der Waals surface area contributed by atoms with Gasteiger partial charge >= 0.3 is 5.97 Å². The highest BCUT2D eigenvalue weighted by Crippen LogP contribution is 2.47. The number of rotatable bonds is 11. The Labute approximate surface area is 246 Å². The molecule has 1 heterocycles. The van der Waals surface area contributed by atoms with E-state index in [0.717, 1.165) is 40.4 Å². The van der Waals surface area contributed by atoms with Crippen LogP contribution >= 0.6 is 11.8 Å². The fraction of sp³-hybridized carbons (Fsp3) is 0.375. The molecule has 0 aromatic heterocycles. The standard InChI is InChI=1S/C32H38N2O6S/c1-21(20-33(3)18-17-23-11-16-27(38-5)28(19-23)39-6)34-26-9-7-8-10-29(26)41-31(30(32(34)36)40-22(2)35)24-12-14-25(37-4)15-13-24/h7-16,19,21,30-31H,17-18,20H2,1-6H3/t21?,30-,31+/m1/s1. The molecule has 1 aliphatic rings. The molecule has 3 aromatic rings.